The molecule has 0 saturated heterocycles. The van der Waals surface area contributed by atoms with Gasteiger partial charge >= 0.3 is 0 Å². The Morgan fingerprint density at radius 3 is 3.00 bits per heavy atom. The van der Waals surface area contributed by atoms with E-state index in [2.05, 4.69) is 4.98 Å². The molecule has 0 spiro atoms. The number of aromatic hydroxyl groups is 1. The molecule has 1 N–H and O–H groups in total. The average molecular weight is 200 g/mol. The zero-order valence-electron chi connectivity index (χ0n) is 7.79. The molecule has 3 aromatic heterocycles. The average Bonchev–Trinajstić information content (AvgIpc) is 2.85. The summed E-state index contributed by atoms with van der Waals surface area (Å²) in [5, 5.41) is 9.59. The molecular formula is C11H8N2O2. The van der Waals surface area contributed by atoms with Gasteiger partial charge in [0, 0.05) is 6.20 Å². The van der Waals surface area contributed by atoms with Crippen LogP contribution in [0, 0.1) is 0 Å². The van der Waals surface area contributed by atoms with Gasteiger partial charge in [-0.3, -0.25) is 4.40 Å². The number of hydrogen-bond acceptors (Lipinski definition) is 3. The van der Waals surface area contributed by atoms with Crippen LogP contribution < -0.4 is 0 Å². The fourth-order valence-electron chi connectivity index (χ4n) is 1.59. The minimum atomic E-state index is 0.211. The molecule has 3 heterocycles. The maximum atomic E-state index is 9.59. The summed E-state index contributed by atoms with van der Waals surface area (Å²) >= 11 is 0. The van der Waals surface area contributed by atoms with Gasteiger partial charge in [0.15, 0.2) is 11.6 Å². The van der Waals surface area contributed by atoms with Crippen molar-refractivity contribution in [2.24, 2.45) is 0 Å². The second kappa shape index (κ2) is 2.88. The first-order valence-corrected chi connectivity index (χ1v) is 4.55. The third kappa shape index (κ3) is 1.11. The van der Waals surface area contributed by atoms with Crippen LogP contribution >= 0.6 is 0 Å². The fourth-order valence-corrected chi connectivity index (χ4v) is 1.59. The maximum absolute atomic E-state index is 9.59. The van der Waals surface area contributed by atoms with Crippen LogP contribution in [-0.4, -0.2) is 14.5 Å². The van der Waals surface area contributed by atoms with Crippen LogP contribution in [0.2, 0.25) is 0 Å². The molecule has 15 heavy (non-hydrogen) atoms. The maximum Gasteiger partial charge on any atom is 0.180 e. The Labute approximate surface area is 85.4 Å². The SMILES string of the molecule is Oc1cccn2c(-c3ccco3)ncc12. The summed E-state index contributed by atoms with van der Waals surface area (Å²) in [6, 6.07) is 7.03. The number of rotatable bonds is 1. The predicted octanol–water partition coefficient (Wildman–Crippen LogP) is 2.30. The van der Waals surface area contributed by atoms with Gasteiger partial charge in [0.2, 0.25) is 0 Å². The number of fused-ring (bicyclic) bond motifs is 1. The Morgan fingerprint density at radius 2 is 2.20 bits per heavy atom. The van der Waals surface area contributed by atoms with Crippen molar-refractivity contribution in [2.75, 3.05) is 0 Å². The van der Waals surface area contributed by atoms with Gasteiger partial charge in [-0.05, 0) is 24.3 Å². The summed E-state index contributed by atoms with van der Waals surface area (Å²) in [5.41, 5.74) is 0.670. The lowest BCUT2D eigenvalue weighted by atomic mass is 10.4. The normalized spacial score (nSPS) is 10.9. The van der Waals surface area contributed by atoms with Gasteiger partial charge in [0.1, 0.15) is 11.3 Å². The quantitative estimate of drug-likeness (QED) is 0.655. The van der Waals surface area contributed by atoms with Crippen LogP contribution in [-0.2, 0) is 0 Å². The molecular weight excluding hydrogens is 192 g/mol. The highest BCUT2D eigenvalue weighted by atomic mass is 16.3. The Bertz CT molecular complexity index is 596. The molecule has 4 heteroatoms. The molecule has 4 nitrogen and oxygen atoms in total. The zero-order valence-corrected chi connectivity index (χ0v) is 7.79. The van der Waals surface area contributed by atoms with Crippen molar-refractivity contribution in [3.05, 3.63) is 42.9 Å². The van der Waals surface area contributed by atoms with Crippen molar-refractivity contribution in [1.82, 2.24) is 9.38 Å². The standard InChI is InChI=1S/C11H8N2O2/c14-9-3-1-5-13-8(9)7-12-11(13)10-4-2-6-15-10/h1-7,14H. The van der Waals surface area contributed by atoms with Gasteiger partial charge in [-0.25, -0.2) is 4.98 Å². The van der Waals surface area contributed by atoms with Crippen LogP contribution in [0.4, 0.5) is 0 Å². The number of imidazole rings is 1. The van der Waals surface area contributed by atoms with Crippen molar-refractivity contribution in [3.8, 4) is 17.3 Å². The van der Waals surface area contributed by atoms with Crippen LogP contribution in [0.1, 0.15) is 0 Å². The van der Waals surface area contributed by atoms with E-state index in [-0.39, 0.29) is 5.75 Å². The summed E-state index contributed by atoms with van der Waals surface area (Å²) in [7, 11) is 0. The molecule has 74 valence electrons. The molecule has 0 unspecified atom stereocenters. The van der Waals surface area contributed by atoms with E-state index in [1.807, 2.05) is 12.3 Å². The molecule has 0 saturated carbocycles. The highest BCUT2D eigenvalue weighted by Gasteiger charge is 2.09. The lowest BCUT2D eigenvalue weighted by Gasteiger charge is -1.98. The Balaban J connectivity index is 2.34. The lowest BCUT2D eigenvalue weighted by Crippen LogP contribution is -1.86. The third-order valence-corrected chi connectivity index (χ3v) is 2.29. The van der Waals surface area contributed by atoms with E-state index in [0.717, 1.165) is 0 Å². The van der Waals surface area contributed by atoms with E-state index in [0.29, 0.717) is 17.1 Å². The summed E-state index contributed by atoms with van der Waals surface area (Å²) < 4.78 is 7.05. The van der Waals surface area contributed by atoms with Crippen LogP contribution in [0.5, 0.6) is 5.75 Å². The van der Waals surface area contributed by atoms with Crippen LogP contribution in [0.25, 0.3) is 17.1 Å². The van der Waals surface area contributed by atoms with Gasteiger partial charge < -0.3 is 9.52 Å². The first-order chi connectivity index (χ1) is 7.36. The van der Waals surface area contributed by atoms with E-state index < -0.39 is 0 Å². The van der Waals surface area contributed by atoms with E-state index >= 15 is 0 Å². The van der Waals surface area contributed by atoms with Crippen molar-refractivity contribution in [2.45, 2.75) is 0 Å². The molecule has 3 rings (SSSR count). The van der Waals surface area contributed by atoms with Crippen molar-refractivity contribution in [1.29, 1.82) is 0 Å². The van der Waals surface area contributed by atoms with Crippen molar-refractivity contribution in [3.63, 3.8) is 0 Å². The topological polar surface area (TPSA) is 50.7 Å². The summed E-state index contributed by atoms with van der Waals surface area (Å²) in [5.74, 6) is 1.58. The number of aromatic nitrogens is 2. The third-order valence-electron chi connectivity index (χ3n) is 2.29. The van der Waals surface area contributed by atoms with Crippen molar-refractivity contribution < 1.29 is 9.52 Å². The molecule has 3 aromatic rings. The second-order valence-corrected chi connectivity index (χ2v) is 3.21. The second-order valence-electron chi connectivity index (χ2n) is 3.21. The smallest absolute Gasteiger partial charge is 0.180 e. The number of furan rings is 1. The highest BCUT2D eigenvalue weighted by Crippen LogP contribution is 2.24. The van der Waals surface area contributed by atoms with E-state index in [9.17, 15) is 5.11 Å². The molecule has 0 radical (unpaired) electrons. The molecule has 0 aromatic carbocycles. The predicted molar refractivity (Wildman–Crippen MR) is 54.6 cm³/mol. The van der Waals surface area contributed by atoms with Gasteiger partial charge in [0.25, 0.3) is 0 Å². The van der Waals surface area contributed by atoms with E-state index in [1.54, 1.807) is 35.1 Å². The van der Waals surface area contributed by atoms with Crippen molar-refractivity contribution >= 4 is 5.52 Å². The molecule has 0 aliphatic carbocycles. The molecule has 0 aliphatic rings. The summed E-state index contributed by atoms with van der Waals surface area (Å²) in [4.78, 5) is 4.21. The Kier molecular flexibility index (Phi) is 1.56. The van der Waals surface area contributed by atoms with Gasteiger partial charge in [-0.2, -0.15) is 0 Å². The van der Waals surface area contributed by atoms with E-state index in [4.69, 9.17) is 4.42 Å². The minimum absolute atomic E-state index is 0.211. The molecule has 0 fully saturated rings. The highest BCUT2D eigenvalue weighted by molar-refractivity contribution is 5.64. The molecule has 0 amide bonds. The first-order valence-electron chi connectivity index (χ1n) is 4.55. The Morgan fingerprint density at radius 1 is 1.27 bits per heavy atom. The van der Waals surface area contributed by atoms with Crippen LogP contribution in [0.15, 0.2) is 47.3 Å². The summed E-state index contributed by atoms with van der Waals surface area (Å²) in [6.45, 7) is 0. The Hall–Kier alpha value is -2.23. The number of pyridine rings is 1. The largest absolute Gasteiger partial charge is 0.506 e. The van der Waals surface area contributed by atoms with Gasteiger partial charge in [0.05, 0.1) is 12.5 Å². The molecule has 0 atom stereocenters. The zero-order chi connectivity index (χ0) is 10.3. The molecule has 0 aliphatic heterocycles. The van der Waals surface area contributed by atoms with E-state index in [1.165, 1.54) is 0 Å². The minimum Gasteiger partial charge on any atom is -0.506 e. The number of nitrogens with zero attached hydrogens (tertiary/aromatic N) is 2. The lowest BCUT2D eigenvalue weighted by molar-refractivity contribution is 0.479. The van der Waals surface area contributed by atoms with Crippen LogP contribution in [0.3, 0.4) is 0 Å². The summed E-state index contributed by atoms with van der Waals surface area (Å²) in [6.07, 6.45) is 5.05. The van der Waals surface area contributed by atoms with Gasteiger partial charge in [-0.15, -0.1) is 0 Å². The first kappa shape index (κ1) is 8.11. The number of hydrogen-bond donors (Lipinski definition) is 1. The fraction of sp³-hybridized carbons (Fsp3) is 0. The van der Waals surface area contributed by atoms with Gasteiger partial charge in [-0.1, -0.05) is 0 Å². The monoisotopic (exact) mass is 200 g/mol. The molecule has 0 bridgehead atoms.